The van der Waals surface area contributed by atoms with Crippen LogP contribution in [0.3, 0.4) is 0 Å². The van der Waals surface area contributed by atoms with E-state index in [1.165, 1.54) is 134 Å². The van der Waals surface area contributed by atoms with Crippen molar-refractivity contribution in [3.05, 3.63) is 42.0 Å². The van der Waals surface area contributed by atoms with Gasteiger partial charge in [-0.05, 0) is 43.3 Å². The maximum Gasteiger partial charge on any atom is 0.0166 e. The third-order valence-electron chi connectivity index (χ3n) is 7.49. The predicted octanol–water partition coefficient (Wildman–Crippen LogP) is 11.3. The van der Waals surface area contributed by atoms with Crippen molar-refractivity contribution in [3.63, 3.8) is 0 Å². The van der Waals surface area contributed by atoms with Crippen molar-refractivity contribution in [1.82, 2.24) is 4.90 Å². The number of unbranched alkanes of at least 4 members (excludes halogenated alkanes) is 14. The van der Waals surface area contributed by atoms with Gasteiger partial charge in [0.15, 0.2) is 0 Å². The van der Waals surface area contributed by atoms with Crippen molar-refractivity contribution in [3.8, 4) is 0 Å². The summed E-state index contributed by atoms with van der Waals surface area (Å²) in [6.07, 6.45) is 30.3. The second kappa shape index (κ2) is 24.3. The lowest BCUT2D eigenvalue weighted by Crippen LogP contribution is -2.26. The van der Waals surface area contributed by atoms with Crippen LogP contribution < -0.4 is 0 Å². The summed E-state index contributed by atoms with van der Waals surface area (Å²) in [4.78, 5) is 2.71. The zero-order chi connectivity index (χ0) is 26.1. The van der Waals surface area contributed by atoms with E-state index in [-0.39, 0.29) is 0 Å². The topological polar surface area (TPSA) is 3.24 Å². The van der Waals surface area contributed by atoms with Gasteiger partial charge in [-0.3, -0.25) is 4.90 Å². The molecule has 1 aromatic carbocycles. The normalized spacial score (nSPS) is 12.1. The summed E-state index contributed by atoms with van der Waals surface area (Å²) in [6.45, 7) is 13.0. The third kappa shape index (κ3) is 22.1. The molecule has 0 unspecified atom stereocenters. The van der Waals surface area contributed by atoms with Crippen LogP contribution in [0, 0.1) is 11.8 Å². The van der Waals surface area contributed by atoms with Crippen molar-refractivity contribution >= 4 is 6.08 Å². The van der Waals surface area contributed by atoms with Gasteiger partial charge in [0.05, 0.1) is 0 Å². The quantitative estimate of drug-likeness (QED) is 0.121. The first-order valence-corrected chi connectivity index (χ1v) is 16.0. The molecular formula is C35H63N. The lowest BCUT2D eigenvalue weighted by molar-refractivity contribution is 0.286. The minimum Gasteiger partial charge on any atom is -0.300 e. The first kappa shape index (κ1) is 32.9. The zero-order valence-corrected chi connectivity index (χ0v) is 25.0. The smallest absolute Gasteiger partial charge is 0.0166 e. The van der Waals surface area contributed by atoms with Gasteiger partial charge in [-0.1, -0.05) is 173 Å². The molecule has 1 heteroatoms. The molecule has 0 aliphatic rings. The molecule has 0 saturated carbocycles. The number of rotatable bonds is 25. The molecule has 1 nitrogen and oxygen atoms in total. The van der Waals surface area contributed by atoms with Crippen LogP contribution in [0.15, 0.2) is 36.4 Å². The second-order valence-corrected chi connectivity index (χ2v) is 12.1. The first-order chi connectivity index (χ1) is 17.6. The molecule has 1 aromatic rings. The predicted molar refractivity (Wildman–Crippen MR) is 165 cm³/mol. The maximum absolute atomic E-state index is 2.71. The molecule has 36 heavy (non-hydrogen) atoms. The molecule has 0 saturated heterocycles. The van der Waals surface area contributed by atoms with Crippen LogP contribution in [0.25, 0.3) is 6.08 Å². The van der Waals surface area contributed by atoms with Crippen LogP contribution >= 0.6 is 0 Å². The van der Waals surface area contributed by atoms with Gasteiger partial charge in [0.25, 0.3) is 0 Å². The van der Waals surface area contributed by atoms with Crippen molar-refractivity contribution < 1.29 is 0 Å². The summed E-state index contributed by atoms with van der Waals surface area (Å²) >= 11 is 0. The molecule has 1 rings (SSSR count). The molecule has 208 valence electrons. The average molecular weight is 498 g/mol. The molecule has 0 fully saturated rings. The van der Waals surface area contributed by atoms with Gasteiger partial charge in [-0.25, -0.2) is 0 Å². The van der Waals surface area contributed by atoms with Gasteiger partial charge in [0.1, 0.15) is 0 Å². The zero-order valence-electron chi connectivity index (χ0n) is 25.0. The van der Waals surface area contributed by atoms with E-state index in [4.69, 9.17) is 0 Å². The summed E-state index contributed by atoms with van der Waals surface area (Å²) in [5, 5.41) is 0. The van der Waals surface area contributed by atoms with E-state index in [9.17, 15) is 0 Å². The number of benzene rings is 1. The summed E-state index contributed by atoms with van der Waals surface area (Å²) < 4.78 is 0. The number of nitrogens with zero attached hydrogens (tertiary/aromatic N) is 1. The van der Waals surface area contributed by atoms with Crippen molar-refractivity contribution in [2.75, 3.05) is 19.6 Å². The van der Waals surface area contributed by atoms with Crippen LogP contribution in [0.1, 0.15) is 149 Å². The monoisotopic (exact) mass is 497 g/mol. The van der Waals surface area contributed by atoms with E-state index in [1.54, 1.807) is 0 Å². The molecule has 0 N–H and O–H groups in total. The van der Waals surface area contributed by atoms with Crippen molar-refractivity contribution in [2.45, 2.75) is 143 Å². The van der Waals surface area contributed by atoms with E-state index in [0.717, 1.165) is 18.4 Å². The highest BCUT2D eigenvalue weighted by Crippen LogP contribution is 2.14. The van der Waals surface area contributed by atoms with Gasteiger partial charge >= 0.3 is 0 Å². The highest BCUT2D eigenvalue weighted by atomic mass is 15.1. The average Bonchev–Trinajstić information content (AvgIpc) is 2.86. The fraction of sp³-hybridized carbons (Fsp3) is 0.771. The van der Waals surface area contributed by atoms with E-state index in [2.05, 4.69) is 75.1 Å². The molecule has 0 atom stereocenters. The number of hydrogen-bond donors (Lipinski definition) is 0. The molecule has 0 aliphatic carbocycles. The second-order valence-electron chi connectivity index (χ2n) is 12.1. The number of hydrogen-bond acceptors (Lipinski definition) is 1. The SMILES string of the molecule is CC(C)CCCCCCCCCCN(CC=Cc1ccccc1)CCCCCCCCCCC(C)C. The molecule has 0 spiro atoms. The highest BCUT2D eigenvalue weighted by Gasteiger charge is 2.04. The van der Waals surface area contributed by atoms with E-state index >= 15 is 0 Å². The molecule has 0 aliphatic heterocycles. The summed E-state index contributed by atoms with van der Waals surface area (Å²) in [5.74, 6) is 1.75. The van der Waals surface area contributed by atoms with Crippen LogP contribution in [-0.4, -0.2) is 24.5 Å². The molecule has 0 radical (unpaired) electrons. The van der Waals surface area contributed by atoms with Gasteiger partial charge in [0.2, 0.25) is 0 Å². The van der Waals surface area contributed by atoms with Crippen LogP contribution in [0.2, 0.25) is 0 Å². The Morgan fingerprint density at radius 3 is 1.33 bits per heavy atom. The van der Waals surface area contributed by atoms with Gasteiger partial charge < -0.3 is 0 Å². The van der Waals surface area contributed by atoms with E-state index < -0.39 is 0 Å². The molecule has 0 bridgehead atoms. The van der Waals surface area contributed by atoms with E-state index in [1.807, 2.05) is 0 Å². The maximum atomic E-state index is 2.71. The Labute approximate surface area is 227 Å². The Morgan fingerprint density at radius 1 is 0.528 bits per heavy atom. The molecule has 0 aromatic heterocycles. The third-order valence-corrected chi connectivity index (χ3v) is 7.49. The minimum absolute atomic E-state index is 0.875. The van der Waals surface area contributed by atoms with Crippen molar-refractivity contribution in [2.24, 2.45) is 11.8 Å². The van der Waals surface area contributed by atoms with Crippen LogP contribution in [0.4, 0.5) is 0 Å². The summed E-state index contributed by atoms with van der Waals surface area (Å²) in [7, 11) is 0. The minimum atomic E-state index is 0.875. The molecule has 0 amide bonds. The lowest BCUT2D eigenvalue weighted by Gasteiger charge is -2.20. The summed E-state index contributed by atoms with van der Waals surface area (Å²) in [5.41, 5.74) is 1.32. The Morgan fingerprint density at radius 2 is 0.917 bits per heavy atom. The lowest BCUT2D eigenvalue weighted by atomic mass is 10.0. The van der Waals surface area contributed by atoms with Gasteiger partial charge in [-0.15, -0.1) is 0 Å². The first-order valence-electron chi connectivity index (χ1n) is 16.0. The summed E-state index contributed by atoms with van der Waals surface area (Å²) in [6, 6.07) is 10.8. The Hall–Kier alpha value is -1.08. The van der Waals surface area contributed by atoms with Gasteiger partial charge in [-0.2, -0.15) is 0 Å². The highest BCUT2D eigenvalue weighted by molar-refractivity contribution is 5.48. The van der Waals surface area contributed by atoms with Gasteiger partial charge in [0, 0.05) is 6.54 Å². The standard InChI is InChI=1S/C35H63N/c1-33(2)25-18-13-9-5-7-11-15-22-30-36(32-24-29-35-27-20-17-21-28-35)31-23-16-12-8-6-10-14-19-26-34(3)4/h17,20-21,24,27-29,33-34H,5-16,18-19,22-23,25-26,30-32H2,1-4H3. The Kier molecular flexibility index (Phi) is 22.2. The molecule has 0 heterocycles. The molecular weight excluding hydrogens is 434 g/mol. The Bertz CT molecular complexity index is 560. The van der Waals surface area contributed by atoms with Crippen molar-refractivity contribution in [1.29, 1.82) is 0 Å². The largest absolute Gasteiger partial charge is 0.300 e. The van der Waals surface area contributed by atoms with Crippen LogP contribution in [-0.2, 0) is 0 Å². The Balaban J connectivity index is 2.16. The fourth-order valence-electron chi connectivity index (χ4n) is 5.09. The van der Waals surface area contributed by atoms with E-state index in [0.29, 0.717) is 0 Å². The fourth-order valence-corrected chi connectivity index (χ4v) is 5.09. The van der Waals surface area contributed by atoms with Crippen LogP contribution in [0.5, 0.6) is 0 Å².